The molecule has 0 unspecified atom stereocenters. The van der Waals surface area contributed by atoms with Crippen molar-refractivity contribution in [3.05, 3.63) is 157 Å². The molecule has 214 valence electrons. The highest BCUT2D eigenvalue weighted by molar-refractivity contribution is 5.86. The van der Waals surface area contributed by atoms with Crippen molar-refractivity contribution in [1.29, 1.82) is 0 Å². The van der Waals surface area contributed by atoms with Crippen LogP contribution >= 0.6 is 0 Å². The van der Waals surface area contributed by atoms with E-state index in [2.05, 4.69) is 74.5 Å². The lowest BCUT2D eigenvalue weighted by Crippen LogP contribution is -2.14. The molecular formula is C41H30N4. The van der Waals surface area contributed by atoms with E-state index in [4.69, 9.17) is 19.9 Å². The van der Waals surface area contributed by atoms with E-state index in [9.17, 15) is 0 Å². The van der Waals surface area contributed by atoms with E-state index in [-0.39, 0.29) is 5.41 Å². The van der Waals surface area contributed by atoms with Crippen molar-refractivity contribution >= 4 is 0 Å². The minimum Gasteiger partial charge on any atom is -0.256 e. The normalized spacial score (nSPS) is 12.8. The van der Waals surface area contributed by atoms with Crippen molar-refractivity contribution in [2.75, 3.05) is 0 Å². The Hall–Kier alpha value is -5.74. The number of hydrogen-bond donors (Lipinski definition) is 0. The first kappa shape index (κ1) is 26.9. The Balaban J connectivity index is 1.34. The Morgan fingerprint density at radius 2 is 0.956 bits per heavy atom. The van der Waals surface area contributed by atoms with E-state index in [1.165, 1.54) is 22.3 Å². The van der Waals surface area contributed by atoms with Crippen LogP contribution in [0, 0.1) is 0 Å². The minimum atomic E-state index is -0.0437. The number of hydrogen-bond acceptors (Lipinski definition) is 4. The van der Waals surface area contributed by atoms with Gasteiger partial charge in [-0.1, -0.05) is 117 Å². The van der Waals surface area contributed by atoms with Crippen LogP contribution in [0.2, 0.25) is 0 Å². The molecular weight excluding hydrogens is 548 g/mol. The maximum absolute atomic E-state index is 5.03. The Bertz CT molecular complexity index is 2110. The maximum Gasteiger partial charge on any atom is 0.164 e. The fraction of sp³-hybridized carbons (Fsp3) is 0.0732. The monoisotopic (exact) mass is 578 g/mol. The van der Waals surface area contributed by atoms with Crippen molar-refractivity contribution in [2.45, 2.75) is 19.3 Å². The smallest absolute Gasteiger partial charge is 0.164 e. The number of aromatic nitrogens is 4. The van der Waals surface area contributed by atoms with Gasteiger partial charge in [-0.25, -0.2) is 15.0 Å². The van der Waals surface area contributed by atoms with E-state index in [0.717, 1.165) is 39.1 Å². The number of rotatable bonds is 5. The number of benzene rings is 5. The van der Waals surface area contributed by atoms with Crippen LogP contribution in [0.3, 0.4) is 0 Å². The molecule has 0 bridgehead atoms. The zero-order valence-corrected chi connectivity index (χ0v) is 25.1. The van der Waals surface area contributed by atoms with Gasteiger partial charge in [-0.15, -0.1) is 0 Å². The first-order chi connectivity index (χ1) is 22.0. The highest BCUT2D eigenvalue weighted by Gasteiger charge is 2.35. The molecule has 0 saturated heterocycles. The van der Waals surface area contributed by atoms with Crippen LogP contribution in [0.1, 0.15) is 25.0 Å². The molecule has 0 amide bonds. The Morgan fingerprint density at radius 1 is 0.400 bits per heavy atom. The average Bonchev–Trinajstić information content (AvgIpc) is 3.34. The summed E-state index contributed by atoms with van der Waals surface area (Å²) in [5.74, 6) is 1.90. The van der Waals surface area contributed by atoms with Gasteiger partial charge in [0.05, 0.1) is 5.69 Å². The fourth-order valence-corrected chi connectivity index (χ4v) is 6.44. The standard InChI is InChI=1S/C41H30N4/c1-41(2)35-18-10-9-17-33(35)34-26-29(20-21-36(34)41)30-23-31(37-19-11-12-22-42-37)25-32(24-30)40-44-38(27-13-5-3-6-14-27)43-39(45-40)28-15-7-4-8-16-28/h3-26H,1-2H3. The number of pyridine rings is 1. The molecule has 7 aromatic rings. The molecule has 1 aliphatic carbocycles. The molecule has 0 radical (unpaired) electrons. The van der Waals surface area contributed by atoms with Gasteiger partial charge in [-0.2, -0.15) is 0 Å². The summed E-state index contributed by atoms with van der Waals surface area (Å²) in [5.41, 5.74) is 12.2. The highest BCUT2D eigenvalue weighted by Crippen LogP contribution is 2.49. The number of nitrogens with zero attached hydrogens (tertiary/aromatic N) is 4. The third kappa shape index (κ3) is 4.81. The summed E-state index contributed by atoms with van der Waals surface area (Å²) in [6.45, 7) is 4.62. The zero-order valence-electron chi connectivity index (χ0n) is 25.1. The quantitative estimate of drug-likeness (QED) is 0.204. The number of fused-ring (bicyclic) bond motifs is 3. The van der Waals surface area contributed by atoms with Gasteiger partial charge in [-0.05, 0) is 69.8 Å². The van der Waals surface area contributed by atoms with Gasteiger partial charge in [0.15, 0.2) is 17.5 Å². The van der Waals surface area contributed by atoms with Crippen molar-refractivity contribution < 1.29 is 0 Å². The molecule has 4 nitrogen and oxygen atoms in total. The van der Waals surface area contributed by atoms with Crippen LogP contribution in [0.15, 0.2) is 146 Å². The lowest BCUT2D eigenvalue weighted by Gasteiger charge is -2.21. The summed E-state index contributed by atoms with van der Waals surface area (Å²) in [4.78, 5) is 19.7. The lowest BCUT2D eigenvalue weighted by atomic mass is 9.82. The molecule has 0 atom stereocenters. The molecule has 2 heterocycles. The molecule has 5 aromatic carbocycles. The molecule has 45 heavy (non-hydrogen) atoms. The van der Waals surface area contributed by atoms with Crippen LogP contribution in [-0.2, 0) is 5.41 Å². The van der Waals surface area contributed by atoms with E-state index < -0.39 is 0 Å². The summed E-state index contributed by atoms with van der Waals surface area (Å²) in [6, 6.07) is 48.4. The second-order valence-corrected chi connectivity index (χ2v) is 12.0. The molecule has 0 N–H and O–H groups in total. The first-order valence-corrected chi connectivity index (χ1v) is 15.2. The van der Waals surface area contributed by atoms with Crippen LogP contribution in [0.4, 0.5) is 0 Å². The van der Waals surface area contributed by atoms with Crippen molar-refractivity contribution in [1.82, 2.24) is 19.9 Å². The Morgan fingerprint density at radius 3 is 1.62 bits per heavy atom. The van der Waals surface area contributed by atoms with Gasteiger partial charge in [0, 0.05) is 33.9 Å². The van der Waals surface area contributed by atoms with Crippen LogP contribution in [0.25, 0.3) is 67.7 Å². The molecule has 2 aromatic heterocycles. The summed E-state index contributed by atoms with van der Waals surface area (Å²) < 4.78 is 0. The molecule has 8 rings (SSSR count). The topological polar surface area (TPSA) is 51.6 Å². The maximum atomic E-state index is 5.03. The van der Waals surface area contributed by atoms with Crippen molar-refractivity contribution in [2.24, 2.45) is 0 Å². The van der Waals surface area contributed by atoms with Gasteiger partial charge >= 0.3 is 0 Å². The third-order valence-electron chi connectivity index (χ3n) is 8.77. The zero-order chi connectivity index (χ0) is 30.4. The Labute approximate surface area is 263 Å². The Kier molecular flexibility index (Phi) is 6.42. The summed E-state index contributed by atoms with van der Waals surface area (Å²) >= 11 is 0. The van der Waals surface area contributed by atoms with Gasteiger partial charge in [0.25, 0.3) is 0 Å². The van der Waals surface area contributed by atoms with Crippen LogP contribution in [-0.4, -0.2) is 19.9 Å². The lowest BCUT2D eigenvalue weighted by molar-refractivity contribution is 0.660. The fourth-order valence-electron chi connectivity index (χ4n) is 6.44. The highest BCUT2D eigenvalue weighted by atomic mass is 15.0. The first-order valence-electron chi connectivity index (χ1n) is 15.2. The molecule has 0 fully saturated rings. The largest absolute Gasteiger partial charge is 0.256 e. The molecule has 0 spiro atoms. The molecule has 1 aliphatic rings. The summed E-state index contributed by atoms with van der Waals surface area (Å²) in [7, 11) is 0. The van der Waals surface area contributed by atoms with Gasteiger partial charge in [-0.3, -0.25) is 4.98 Å². The molecule has 0 saturated carbocycles. The van der Waals surface area contributed by atoms with E-state index in [1.807, 2.05) is 85.1 Å². The van der Waals surface area contributed by atoms with Gasteiger partial charge < -0.3 is 0 Å². The summed E-state index contributed by atoms with van der Waals surface area (Å²) in [5, 5.41) is 0. The van der Waals surface area contributed by atoms with Crippen molar-refractivity contribution in [3.63, 3.8) is 0 Å². The molecule has 0 aliphatic heterocycles. The van der Waals surface area contributed by atoms with Gasteiger partial charge in [0.1, 0.15) is 0 Å². The average molecular weight is 579 g/mol. The predicted molar refractivity (Wildman–Crippen MR) is 182 cm³/mol. The van der Waals surface area contributed by atoms with Crippen molar-refractivity contribution in [3.8, 4) is 67.7 Å². The predicted octanol–water partition coefficient (Wildman–Crippen LogP) is 9.91. The minimum absolute atomic E-state index is 0.0437. The second-order valence-electron chi connectivity index (χ2n) is 12.0. The summed E-state index contributed by atoms with van der Waals surface area (Å²) in [6.07, 6.45) is 1.83. The van der Waals surface area contributed by atoms with E-state index in [1.54, 1.807) is 0 Å². The van der Waals surface area contributed by atoms with Crippen LogP contribution < -0.4 is 0 Å². The molecule has 4 heteroatoms. The van der Waals surface area contributed by atoms with Gasteiger partial charge in [0.2, 0.25) is 0 Å². The SMILES string of the molecule is CC1(C)c2ccccc2-c2cc(-c3cc(-c4ccccn4)cc(-c4nc(-c5ccccc5)nc(-c5ccccc5)n4)c3)ccc21. The third-order valence-corrected chi connectivity index (χ3v) is 8.77. The second kappa shape index (κ2) is 10.8. The van der Waals surface area contributed by atoms with E-state index >= 15 is 0 Å². The van der Waals surface area contributed by atoms with E-state index in [0.29, 0.717) is 17.5 Å². The van der Waals surface area contributed by atoms with Crippen LogP contribution in [0.5, 0.6) is 0 Å².